The van der Waals surface area contributed by atoms with Crippen molar-refractivity contribution in [3.05, 3.63) is 69.4 Å². The summed E-state index contributed by atoms with van der Waals surface area (Å²) in [5.41, 5.74) is 0.864. The molecule has 23 heavy (non-hydrogen) atoms. The van der Waals surface area contributed by atoms with Crippen molar-refractivity contribution >= 4 is 40.1 Å². The first-order valence-corrected chi connectivity index (χ1v) is 6.97. The summed E-state index contributed by atoms with van der Waals surface area (Å²) < 4.78 is 0. The molecule has 0 amide bonds. The smallest absolute Gasteiger partial charge is 0.263 e. The lowest BCUT2D eigenvalue weighted by molar-refractivity contribution is -0.398. The number of aliphatic imine (C=N–C) groups is 1. The van der Waals surface area contributed by atoms with Gasteiger partial charge in [0.1, 0.15) is 0 Å². The Labute approximate surface area is 135 Å². The SMILES string of the molecule is O=[N+]([O-])c1cc(Cl)cc(C=Nc2cccc3ncccc23)c1[O-]. The Bertz CT molecular complexity index is 936. The molecular formula is C16H9ClN3O3-. The molecule has 0 fully saturated rings. The minimum Gasteiger partial charge on any atom is -0.867 e. The topological polar surface area (TPSA) is 91.5 Å². The highest BCUT2D eigenvalue weighted by atomic mass is 35.5. The summed E-state index contributed by atoms with van der Waals surface area (Å²) in [5, 5.41) is 23.8. The molecule has 1 heterocycles. The molecule has 0 aliphatic heterocycles. The lowest BCUT2D eigenvalue weighted by Crippen LogP contribution is -2.02. The van der Waals surface area contributed by atoms with Gasteiger partial charge in [0.2, 0.25) is 0 Å². The molecular weight excluding hydrogens is 318 g/mol. The van der Waals surface area contributed by atoms with Gasteiger partial charge in [-0.2, -0.15) is 0 Å². The number of aromatic nitrogens is 1. The normalized spacial score (nSPS) is 11.2. The second kappa shape index (κ2) is 6.02. The van der Waals surface area contributed by atoms with Crippen LogP contribution < -0.4 is 5.11 Å². The molecule has 0 bridgehead atoms. The first-order valence-electron chi connectivity index (χ1n) is 6.59. The molecule has 3 aromatic rings. The third-order valence-corrected chi connectivity index (χ3v) is 3.44. The molecule has 6 nitrogen and oxygen atoms in total. The van der Waals surface area contributed by atoms with Crippen LogP contribution in [0.1, 0.15) is 5.56 Å². The van der Waals surface area contributed by atoms with Gasteiger partial charge in [-0.25, -0.2) is 0 Å². The van der Waals surface area contributed by atoms with Crippen molar-refractivity contribution in [2.75, 3.05) is 0 Å². The van der Waals surface area contributed by atoms with E-state index in [2.05, 4.69) is 9.98 Å². The van der Waals surface area contributed by atoms with Gasteiger partial charge in [0.05, 0.1) is 16.1 Å². The zero-order valence-electron chi connectivity index (χ0n) is 11.6. The minimum absolute atomic E-state index is 0.0603. The van der Waals surface area contributed by atoms with Crippen LogP contribution >= 0.6 is 11.6 Å². The third kappa shape index (κ3) is 2.97. The van der Waals surface area contributed by atoms with E-state index in [0.29, 0.717) is 5.69 Å². The standard InChI is InChI=1S/C16H10ClN3O3/c17-11-7-10(16(21)15(8-11)20(22)23)9-19-14-5-1-4-13-12(14)3-2-6-18-13/h1-9,21H/p-1. The summed E-state index contributed by atoms with van der Waals surface area (Å²) in [6.45, 7) is 0. The number of hydrogen-bond acceptors (Lipinski definition) is 5. The zero-order valence-corrected chi connectivity index (χ0v) is 12.4. The summed E-state index contributed by atoms with van der Waals surface area (Å²) in [6.07, 6.45) is 2.95. The molecule has 0 atom stereocenters. The van der Waals surface area contributed by atoms with E-state index < -0.39 is 16.4 Å². The van der Waals surface area contributed by atoms with Crippen molar-refractivity contribution < 1.29 is 10.0 Å². The average Bonchev–Trinajstić information content (AvgIpc) is 2.55. The van der Waals surface area contributed by atoms with Gasteiger partial charge in [0, 0.05) is 28.9 Å². The van der Waals surface area contributed by atoms with Crippen molar-refractivity contribution in [2.24, 2.45) is 4.99 Å². The molecule has 2 aromatic carbocycles. The van der Waals surface area contributed by atoms with Crippen LogP contribution in [0.15, 0.2) is 53.7 Å². The van der Waals surface area contributed by atoms with E-state index >= 15 is 0 Å². The van der Waals surface area contributed by atoms with E-state index in [-0.39, 0.29) is 10.6 Å². The quantitative estimate of drug-likeness (QED) is 0.417. The molecule has 114 valence electrons. The number of pyridine rings is 1. The highest BCUT2D eigenvalue weighted by Gasteiger charge is 2.11. The second-order valence-electron chi connectivity index (χ2n) is 4.71. The number of nitro groups is 1. The fourth-order valence-corrected chi connectivity index (χ4v) is 2.39. The molecule has 3 rings (SSSR count). The Kier molecular flexibility index (Phi) is 3.91. The molecule has 0 radical (unpaired) electrons. The van der Waals surface area contributed by atoms with Crippen LogP contribution in [0.4, 0.5) is 11.4 Å². The largest absolute Gasteiger partial charge is 0.867 e. The molecule has 0 aliphatic carbocycles. The maximum absolute atomic E-state index is 12.0. The number of rotatable bonds is 3. The van der Waals surface area contributed by atoms with E-state index in [1.54, 1.807) is 24.4 Å². The van der Waals surface area contributed by atoms with Gasteiger partial charge >= 0.3 is 0 Å². The van der Waals surface area contributed by atoms with E-state index in [9.17, 15) is 15.2 Å². The Hall–Kier alpha value is -2.99. The van der Waals surface area contributed by atoms with E-state index in [4.69, 9.17) is 11.6 Å². The monoisotopic (exact) mass is 326 g/mol. The minimum atomic E-state index is -0.757. The number of nitrogens with zero attached hydrogens (tertiary/aromatic N) is 3. The fraction of sp³-hybridized carbons (Fsp3) is 0. The maximum atomic E-state index is 12.0. The second-order valence-corrected chi connectivity index (χ2v) is 5.14. The van der Waals surface area contributed by atoms with Crippen LogP contribution in [-0.4, -0.2) is 16.1 Å². The fourth-order valence-electron chi connectivity index (χ4n) is 2.17. The van der Waals surface area contributed by atoms with Crippen molar-refractivity contribution in [1.29, 1.82) is 0 Å². The molecule has 0 N–H and O–H groups in total. The average molecular weight is 327 g/mol. The third-order valence-electron chi connectivity index (χ3n) is 3.22. The lowest BCUT2D eigenvalue weighted by Gasteiger charge is -2.11. The summed E-state index contributed by atoms with van der Waals surface area (Å²) in [7, 11) is 0. The Morgan fingerprint density at radius 3 is 2.83 bits per heavy atom. The van der Waals surface area contributed by atoms with Gasteiger partial charge in [-0.05, 0) is 41.6 Å². The van der Waals surface area contributed by atoms with Gasteiger partial charge in [0.25, 0.3) is 5.69 Å². The molecule has 0 unspecified atom stereocenters. The summed E-state index contributed by atoms with van der Waals surface area (Å²) in [6, 6.07) is 11.4. The molecule has 0 spiro atoms. The van der Waals surface area contributed by atoms with Crippen LogP contribution in [0, 0.1) is 10.1 Å². The highest BCUT2D eigenvalue weighted by Crippen LogP contribution is 2.31. The molecule has 7 heteroatoms. The summed E-state index contributed by atoms with van der Waals surface area (Å²) in [5.74, 6) is -0.721. The number of nitro benzene ring substituents is 1. The van der Waals surface area contributed by atoms with Crippen molar-refractivity contribution in [3.8, 4) is 5.75 Å². The Balaban J connectivity index is 2.08. The van der Waals surface area contributed by atoms with Crippen molar-refractivity contribution in [2.45, 2.75) is 0 Å². The molecule has 0 saturated carbocycles. The number of hydrogen-bond donors (Lipinski definition) is 0. The maximum Gasteiger partial charge on any atom is 0.263 e. The van der Waals surface area contributed by atoms with Gasteiger partial charge < -0.3 is 5.11 Å². The predicted molar refractivity (Wildman–Crippen MR) is 86.5 cm³/mol. The Morgan fingerprint density at radius 1 is 1.22 bits per heavy atom. The van der Waals surface area contributed by atoms with Gasteiger partial charge in [-0.1, -0.05) is 17.7 Å². The first kappa shape index (κ1) is 14.9. The summed E-state index contributed by atoms with van der Waals surface area (Å²) in [4.78, 5) is 18.6. The Morgan fingerprint density at radius 2 is 2.04 bits per heavy atom. The predicted octanol–water partition coefficient (Wildman–Crippen LogP) is 3.62. The lowest BCUT2D eigenvalue weighted by atomic mass is 10.1. The van der Waals surface area contributed by atoms with Crippen LogP contribution in [0.25, 0.3) is 10.9 Å². The van der Waals surface area contributed by atoms with Crippen molar-refractivity contribution in [3.63, 3.8) is 0 Å². The first-order chi connectivity index (χ1) is 11.1. The van der Waals surface area contributed by atoms with E-state index in [1.807, 2.05) is 12.1 Å². The van der Waals surface area contributed by atoms with Gasteiger partial charge in [0.15, 0.2) is 0 Å². The molecule has 1 aromatic heterocycles. The summed E-state index contributed by atoms with van der Waals surface area (Å²) >= 11 is 5.83. The zero-order chi connectivity index (χ0) is 16.4. The van der Waals surface area contributed by atoms with Crippen LogP contribution in [0.3, 0.4) is 0 Å². The number of halogens is 1. The van der Waals surface area contributed by atoms with Crippen LogP contribution in [0.5, 0.6) is 5.75 Å². The van der Waals surface area contributed by atoms with Crippen molar-refractivity contribution in [1.82, 2.24) is 4.98 Å². The highest BCUT2D eigenvalue weighted by molar-refractivity contribution is 6.31. The van der Waals surface area contributed by atoms with E-state index in [0.717, 1.165) is 17.0 Å². The van der Waals surface area contributed by atoms with Gasteiger partial charge in [-0.15, -0.1) is 0 Å². The molecule has 0 aliphatic rings. The van der Waals surface area contributed by atoms with Gasteiger partial charge in [-0.3, -0.25) is 20.1 Å². The van der Waals surface area contributed by atoms with Crippen LogP contribution in [-0.2, 0) is 0 Å². The number of fused-ring (bicyclic) bond motifs is 1. The van der Waals surface area contributed by atoms with E-state index in [1.165, 1.54) is 12.3 Å². The molecule has 0 saturated heterocycles. The van der Waals surface area contributed by atoms with Crippen LogP contribution in [0.2, 0.25) is 5.02 Å². The number of benzene rings is 2.